The Balaban J connectivity index is 3.14. The van der Waals surface area contributed by atoms with Crippen LogP contribution >= 0.6 is 0 Å². The highest BCUT2D eigenvalue weighted by atomic mass is 16.5. The third-order valence-corrected chi connectivity index (χ3v) is 1.92. The standard InChI is InChI=1S/C10H15NO2/c1-10(2,11)7-4-5-8(12)9(6-7)13-3/h4-6,12H,11H2,1-3H3. The highest BCUT2D eigenvalue weighted by molar-refractivity contribution is 5.43. The molecule has 0 heterocycles. The zero-order valence-corrected chi connectivity index (χ0v) is 8.16. The number of aromatic hydroxyl groups is 1. The van der Waals surface area contributed by atoms with E-state index >= 15 is 0 Å². The van der Waals surface area contributed by atoms with Crippen molar-refractivity contribution in [2.45, 2.75) is 19.4 Å². The summed E-state index contributed by atoms with van der Waals surface area (Å²) in [6.07, 6.45) is 0. The van der Waals surface area contributed by atoms with Gasteiger partial charge in [-0.1, -0.05) is 6.07 Å². The molecule has 1 aromatic carbocycles. The third kappa shape index (κ3) is 2.12. The lowest BCUT2D eigenvalue weighted by molar-refractivity contribution is 0.371. The Bertz CT molecular complexity index is 302. The number of rotatable bonds is 2. The van der Waals surface area contributed by atoms with Crippen LogP contribution in [0.5, 0.6) is 11.5 Å². The molecule has 0 aliphatic rings. The van der Waals surface area contributed by atoms with Gasteiger partial charge in [-0.2, -0.15) is 0 Å². The molecule has 72 valence electrons. The van der Waals surface area contributed by atoms with Gasteiger partial charge in [0.15, 0.2) is 11.5 Å². The van der Waals surface area contributed by atoms with Gasteiger partial charge in [-0.05, 0) is 31.5 Å². The summed E-state index contributed by atoms with van der Waals surface area (Å²) >= 11 is 0. The van der Waals surface area contributed by atoms with Crippen molar-refractivity contribution >= 4 is 0 Å². The number of methoxy groups -OCH3 is 1. The fourth-order valence-electron chi connectivity index (χ4n) is 1.08. The van der Waals surface area contributed by atoms with Gasteiger partial charge >= 0.3 is 0 Å². The zero-order chi connectivity index (χ0) is 10.1. The summed E-state index contributed by atoms with van der Waals surface area (Å²) < 4.78 is 4.98. The Kier molecular flexibility index (Phi) is 2.48. The van der Waals surface area contributed by atoms with Crippen LogP contribution in [0.15, 0.2) is 18.2 Å². The van der Waals surface area contributed by atoms with E-state index in [2.05, 4.69) is 0 Å². The Labute approximate surface area is 78.1 Å². The summed E-state index contributed by atoms with van der Waals surface area (Å²) in [5.41, 5.74) is 6.41. The van der Waals surface area contributed by atoms with Gasteiger partial charge in [-0.3, -0.25) is 0 Å². The summed E-state index contributed by atoms with van der Waals surface area (Å²) in [6, 6.07) is 5.12. The normalized spacial score (nSPS) is 11.4. The molecular weight excluding hydrogens is 166 g/mol. The van der Waals surface area contributed by atoms with Gasteiger partial charge < -0.3 is 15.6 Å². The SMILES string of the molecule is COc1cc(C(C)(C)N)ccc1O. The van der Waals surface area contributed by atoms with Crippen LogP contribution in [0.3, 0.4) is 0 Å². The molecule has 0 atom stereocenters. The Morgan fingerprint density at radius 1 is 1.38 bits per heavy atom. The first kappa shape index (κ1) is 9.86. The minimum absolute atomic E-state index is 0.135. The van der Waals surface area contributed by atoms with Crippen molar-refractivity contribution in [2.24, 2.45) is 5.73 Å². The third-order valence-electron chi connectivity index (χ3n) is 1.92. The quantitative estimate of drug-likeness (QED) is 0.728. The highest BCUT2D eigenvalue weighted by Gasteiger charge is 2.15. The summed E-state index contributed by atoms with van der Waals surface area (Å²) in [5, 5.41) is 9.33. The molecule has 0 saturated carbocycles. The molecular formula is C10H15NO2. The number of phenols is 1. The van der Waals surface area contributed by atoms with Gasteiger partial charge in [0, 0.05) is 5.54 Å². The van der Waals surface area contributed by atoms with Crippen LogP contribution in [0.4, 0.5) is 0 Å². The second-order valence-corrected chi connectivity index (χ2v) is 3.61. The summed E-state index contributed by atoms with van der Waals surface area (Å²) in [4.78, 5) is 0. The van der Waals surface area contributed by atoms with Gasteiger partial charge in [-0.25, -0.2) is 0 Å². The molecule has 1 aromatic rings. The van der Waals surface area contributed by atoms with E-state index in [-0.39, 0.29) is 5.75 Å². The number of nitrogens with two attached hydrogens (primary N) is 1. The molecule has 0 fully saturated rings. The second-order valence-electron chi connectivity index (χ2n) is 3.61. The molecule has 0 bridgehead atoms. The minimum atomic E-state index is -0.416. The van der Waals surface area contributed by atoms with Crippen molar-refractivity contribution < 1.29 is 9.84 Å². The molecule has 1 rings (SSSR count). The smallest absolute Gasteiger partial charge is 0.160 e. The van der Waals surface area contributed by atoms with Gasteiger partial charge in [0.2, 0.25) is 0 Å². The van der Waals surface area contributed by atoms with Crippen molar-refractivity contribution in [1.82, 2.24) is 0 Å². The summed E-state index contributed by atoms with van der Waals surface area (Å²) in [6.45, 7) is 3.80. The van der Waals surface area contributed by atoms with Gasteiger partial charge in [0.05, 0.1) is 7.11 Å². The molecule has 0 spiro atoms. The lowest BCUT2D eigenvalue weighted by Gasteiger charge is -2.19. The van der Waals surface area contributed by atoms with Crippen LogP contribution in [-0.4, -0.2) is 12.2 Å². The molecule has 13 heavy (non-hydrogen) atoms. The minimum Gasteiger partial charge on any atom is -0.504 e. The van der Waals surface area contributed by atoms with E-state index in [1.807, 2.05) is 13.8 Å². The molecule has 0 aliphatic heterocycles. The van der Waals surface area contributed by atoms with E-state index in [1.165, 1.54) is 7.11 Å². The van der Waals surface area contributed by atoms with Crippen molar-refractivity contribution in [3.05, 3.63) is 23.8 Å². The van der Waals surface area contributed by atoms with Gasteiger partial charge in [0.25, 0.3) is 0 Å². The van der Waals surface area contributed by atoms with Gasteiger partial charge in [-0.15, -0.1) is 0 Å². The number of hydrogen-bond donors (Lipinski definition) is 2. The summed E-state index contributed by atoms with van der Waals surface area (Å²) in [7, 11) is 1.52. The fraction of sp³-hybridized carbons (Fsp3) is 0.400. The lowest BCUT2D eigenvalue weighted by atomic mass is 9.95. The van der Waals surface area contributed by atoms with E-state index in [1.54, 1.807) is 18.2 Å². The van der Waals surface area contributed by atoms with Crippen LogP contribution in [0.2, 0.25) is 0 Å². The van der Waals surface area contributed by atoms with E-state index in [0.29, 0.717) is 5.75 Å². The first-order valence-corrected chi connectivity index (χ1v) is 4.11. The molecule has 0 aromatic heterocycles. The Morgan fingerprint density at radius 3 is 2.46 bits per heavy atom. The second kappa shape index (κ2) is 3.26. The van der Waals surface area contributed by atoms with Crippen LogP contribution in [-0.2, 0) is 5.54 Å². The number of benzene rings is 1. The number of hydrogen-bond acceptors (Lipinski definition) is 3. The predicted molar refractivity (Wildman–Crippen MR) is 51.9 cm³/mol. The largest absolute Gasteiger partial charge is 0.504 e. The lowest BCUT2D eigenvalue weighted by Crippen LogP contribution is -2.28. The predicted octanol–water partition coefficient (Wildman–Crippen LogP) is 1.59. The van der Waals surface area contributed by atoms with E-state index in [0.717, 1.165) is 5.56 Å². The molecule has 0 unspecified atom stereocenters. The zero-order valence-electron chi connectivity index (χ0n) is 8.16. The Hall–Kier alpha value is -1.22. The van der Waals surface area contributed by atoms with Gasteiger partial charge in [0.1, 0.15) is 0 Å². The average Bonchev–Trinajstić information content (AvgIpc) is 2.03. The first-order valence-electron chi connectivity index (χ1n) is 4.11. The van der Waals surface area contributed by atoms with Crippen molar-refractivity contribution in [3.8, 4) is 11.5 Å². The van der Waals surface area contributed by atoms with Crippen molar-refractivity contribution in [1.29, 1.82) is 0 Å². The first-order chi connectivity index (χ1) is 5.95. The van der Waals surface area contributed by atoms with Crippen LogP contribution in [0.25, 0.3) is 0 Å². The van der Waals surface area contributed by atoms with Crippen LogP contribution in [0.1, 0.15) is 19.4 Å². The van der Waals surface area contributed by atoms with Crippen LogP contribution < -0.4 is 10.5 Å². The maximum atomic E-state index is 9.33. The van der Waals surface area contributed by atoms with E-state index in [9.17, 15) is 5.11 Å². The molecule has 3 heteroatoms. The van der Waals surface area contributed by atoms with Crippen molar-refractivity contribution in [2.75, 3.05) is 7.11 Å². The molecule has 3 N–H and O–H groups in total. The molecule has 3 nitrogen and oxygen atoms in total. The monoisotopic (exact) mass is 181 g/mol. The molecule has 0 radical (unpaired) electrons. The fourth-order valence-corrected chi connectivity index (χ4v) is 1.08. The number of ether oxygens (including phenoxy) is 1. The van der Waals surface area contributed by atoms with E-state index < -0.39 is 5.54 Å². The summed E-state index contributed by atoms with van der Waals surface area (Å²) in [5.74, 6) is 0.589. The average molecular weight is 181 g/mol. The molecule has 0 aliphatic carbocycles. The number of phenolic OH excluding ortho intramolecular Hbond substituents is 1. The maximum Gasteiger partial charge on any atom is 0.160 e. The van der Waals surface area contributed by atoms with Crippen LogP contribution in [0, 0.1) is 0 Å². The van der Waals surface area contributed by atoms with Crippen molar-refractivity contribution in [3.63, 3.8) is 0 Å². The maximum absolute atomic E-state index is 9.33. The molecule has 0 saturated heterocycles. The topological polar surface area (TPSA) is 55.5 Å². The van der Waals surface area contributed by atoms with E-state index in [4.69, 9.17) is 10.5 Å². The molecule has 0 amide bonds. The highest BCUT2D eigenvalue weighted by Crippen LogP contribution is 2.29. The Morgan fingerprint density at radius 2 is 2.00 bits per heavy atom.